The highest BCUT2D eigenvalue weighted by atomic mass is 16.5. The second kappa shape index (κ2) is 14.9. The molecule has 0 fully saturated rings. The number of hydrogen-bond acceptors (Lipinski definition) is 2. The molecule has 0 rings (SSSR count). The number of methoxy groups -OCH3 is 1. The summed E-state index contributed by atoms with van der Waals surface area (Å²) in [5, 5.41) is 0. The van der Waals surface area contributed by atoms with Gasteiger partial charge in [-0.3, -0.25) is 4.79 Å². The van der Waals surface area contributed by atoms with Crippen molar-refractivity contribution >= 4 is 5.97 Å². The number of esters is 1. The van der Waals surface area contributed by atoms with Crippen LogP contribution in [-0.2, 0) is 9.53 Å². The maximum atomic E-state index is 11.4. The molecular weight excluding hydrogens is 248 g/mol. The van der Waals surface area contributed by atoms with Crippen molar-refractivity contribution in [1.82, 2.24) is 0 Å². The Morgan fingerprint density at radius 1 is 0.800 bits per heavy atom. The van der Waals surface area contributed by atoms with Gasteiger partial charge in [0.25, 0.3) is 0 Å². The van der Waals surface area contributed by atoms with Crippen LogP contribution < -0.4 is 0 Å². The van der Waals surface area contributed by atoms with Crippen LogP contribution in [0.1, 0.15) is 97.3 Å². The third kappa shape index (κ3) is 12.5. The van der Waals surface area contributed by atoms with Crippen molar-refractivity contribution in [2.45, 2.75) is 97.3 Å². The van der Waals surface area contributed by atoms with Gasteiger partial charge < -0.3 is 4.74 Å². The molecule has 0 bridgehead atoms. The molecule has 1 atom stereocenters. The predicted molar refractivity (Wildman–Crippen MR) is 86.9 cm³/mol. The van der Waals surface area contributed by atoms with Crippen LogP contribution in [0.4, 0.5) is 0 Å². The molecule has 0 aromatic rings. The summed E-state index contributed by atoms with van der Waals surface area (Å²) in [7, 11) is 1.50. The first-order valence-electron chi connectivity index (χ1n) is 8.81. The molecule has 0 aromatic heterocycles. The number of carbonyl (C=O) groups excluding carboxylic acids is 1. The second-order valence-electron chi connectivity index (χ2n) is 6.05. The average molecular weight is 284 g/mol. The van der Waals surface area contributed by atoms with Crippen molar-refractivity contribution in [2.24, 2.45) is 5.92 Å². The summed E-state index contributed by atoms with van der Waals surface area (Å²) in [5.74, 6) is 0.513. The molecule has 20 heavy (non-hydrogen) atoms. The van der Waals surface area contributed by atoms with Crippen molar-refractivity contribution in [3.63, 3.8) is 0 Å². The van der Waals surface area contributed by atoms with Crippen LogP contribution in [0.5, 0.6) is 0 Å². The molecule has 0 heterocycles. The maximum absolute atomic E-state index is 11.4. The Hall–Kier alpha value is -0.530. The lowest BCUT2D eigenvalue weighted by molar-refractivity contribution is -0.141. The SMILES string of the molecule is CCCCCCCCCC(CCCCC)CC(=O)OC. The number of carbonyl (C=O) groups is 1. The molecule has 0 aromatic carbocycles. The highest BCUT2D eigenvalue weighted by molar-refractivity contribution is 5.69. The maximum Gasteiger partial charge on any atom is 0.305 e. The Labute approximate surface area is 126 Å². The molecule has 0 amide bonds. The van der Waals surface area contributed by atoms with Gasteiger partial charge in [0, 0.05) is 6.42 Å². The Bertz CT molecular complexity index is 213. The zero-order chi connectivity index (χ0) is 15.1. The minimum atomic E-state index is -0.0329. The van der Waals surface area contributed by atoms with Gasteiger partial charge in [-0.2, -0.15) is 0 Å². The van der Waals surface area contributed by atoms with E-state index in [0.29, 0.717) is 12.3 Å². The first-order chi connectivity index (χ1) is 9.74. The second-order valence-corrected chi connectivity index (χ2v) is 6.05. The van der Waals surface area contributed by atoms with Crippen LogP contribution >= 0.6 is 0 Å². The molecule has 0 saturated heterocycles. The molecule has 120 valence electrons. The van der Waals surface area contributed by atoms with E-state index in [-0.39, 0.29) is 5.97 Å². The lowest BCUT2D eigenvalue weighted by Crippen LogP contribution is -2.10. The van der Waals surface area contributed by atoms with Gasteiger partial charge in [0.2, 0.25) is 0 Å². The average Bonchev–Trinajstić information content (AvgIpc) is 2.46. The van der Waals surface area contributed by atoms with Crippen LogP contribution in [0.15, 0.2) is 0 Å². The third-order valence-electron chi connectivity index (χ3n) is 4.11. The fourth-order valence-corrected chi connectivity index (χ4v) is 2.74. The minimum absolute atomic E-state index is 0.0329. The quantitative estimate of drug-likeness (QED) is 0.294. The molecule has 0 aliphatic rings. The Morgan fingerprint density at radius 2 is 1.25 bits per heavy atom. The normalized spacial score (nSPS) is 12.3. The fourth-order valence-electron chi connectivity index (χ4n) is 2.74. The zero-order valence-electron chi connectivity index (χ0n) is 14.1. The first kappa shape index (κ1) is 19.5. The van der Waals surface area contributed by atoms with Gasteiger partial charge in [-0.15, -0.1) is 0 Å². The summed E-state index contributed by atoms with van der Waals surface area (Å²) in [6.45, 7) is 4.49. The van der Waals surface area contributed by atoms with E-state index in [9.17, 15) is 4.79 Å². The van der Waals surface area contributed by atoms with E-state index in [1.54, 1.807) is 0 Å². The first-order valence-corrected chi connectivity index (χ1v) is 8.81. The van der Waals surface area contributed by atoms with Crippen LogP contribution in [0, 0.1) is 5.92 Å². The molecular formula is C18H36O2. The Morgan fingerprint density at radius 3 is 1.80 bits per heavy atom. The molecule has 0 spiro atoms. The van der Waals surface area contributed by atoms with E-state index in [2.05, 4.69) is 13.8 Å². The van der Waals surface area contributed by atoms with E-state index in [4.69, 9.17) is 4.74 Å². The molecule has 0 saturated carbocycles. The minimum Gasteiger partial charge on any atom is -0.469 e. The standard InChI is InChI=1S/C18H36O2/c1-4-6-8-9-10-11-13-15-17(14-12-7-5-2)16-18(19)20-3/h17H,4-16H2,1-3H3. The summed E-state index contributed by atoms with van der Waals surface area (Å²) < 4.78 is 4.82. The smallest absolute Gasteiger partial charge is 0.305 e. The summed E-state index contributed by atoms with van der Waals surface area (Å²) >= 11 is 0. The van der Waals surface area contributed by atoms with Crippen molar-refractivity contribution < 1.29 is 9.53 Å². The van der Waals surface area contributed by atoms with Gasteiger partial charge in [0.15, 0.2) is 0 Å². The highest BCUT2D eigenvalue weighted by Gasteiger charge is 2.13. The molecule has 0 aliphatic carbocycles. The summed E-state index contributed by atoms with van der Waals surface area (Å²) in [4.78, 5) is 11.4. The number of rotatable bonds is 14. The van der Waals surface area contributed by atoms with E-state index < -0.39 is 0 Å². The van der Waals surface area contributed by atoms with Gasteiger partial charge >= 0.3 is 5.97 Å². The Kier molecular flexibility index (Phi) is 14.5. The molecule has 0 radical (unpaired) electrons. The van der Waals surface area contributed by atoms with Crippen molar-refractivity contribution in [2.75, 3.05) is 7.11 Å². The molecule has 2 nitrogen and oxygen atoms in total. The van der Waals surface area contributed by atoms with Crippen LogP contribution in [0.2, 0.25) is 0 Å². The fraction of sp³-hybridized carbons (Fsp3) is 0.944. The van der Waals surface area contributed by atoms with Gasteiger partial charge in [-0.1, -0.05) is 78.1 Å². The largest absolute Gasteiger partial charge is 0.469 e. The lowest BCUT2D eigenvalue weighted by atomic mass is 9.92. The molecule has 0 N–H and O–H groups in total. The summed E-state index contributed by atoms with van der Waals surface area (Å²) in [5.41, 5.74) is 0. The van der Waals surface area contributed by atoms with Crippen LogP contribution in [-0.4, -0.2) is 13.1 Å². The van der Waals surface area contributed by atoms with Gasteiger partial charge in [-0.05, 0) is 18.8 Å². The van der Waals surface area contributed by atoms with Gasteiger partial charge in [0.05, 0.1) is 7.11 Å². The van der Waals surface area contributed by atoms with Gasteiger partial charge in [-0.25, -0.2) is 0 Å². The van der Waals surface area contributed by atoms with Crippen LogP contribution in [0.3, 0.4) is 0 Å². The lowest BCUT2D eigenvalue weighted by Gasteiger charge is -2.15. The van der Waals surface area contributed by atoms with Crippen molar-refractivity contribution in [3.8, 4) is 0 Å². The van der Waals surface area contributed by atoms with Gasteiger partial charge in [0.1, 0.15) is 0 Å². The number of unbranched alkanes of at least 4 members (excludes halogenated alkanes) is 8. The summed E-state index contributed by atoms with van der Waals surface area (Å²) in [6, 6.07) is 0. The van der Waals surface area contributed by atoms with E-state index in [1.165, 1.54) is 84.2 Å². The van der Waals surface area contributed by atoms with Crippen LogP contribution in [0.25, 0.3) is 0 Å². The summed E-state index contributed by atoms with van der Waals surface area (Å²) in [6.07, 6.45) is 16.2. The zero-order valence-corrected chi connectivity index (χ0v) is 14.1. The molecule has 1 unspecified atom stereocenters. The predicted octanol–water partition coefficient (Wildman–Crippen LogP) is 5.89. The Balaban J connectivity index is 3.70. The number of ether oxygens (including phenoxy) is 1. The monoisotopic (exact) mass is 284 g/mol. The highest BCUT2D eigenvalue weighted by Crippen LogP contribution is 2.22. The topological polar surface area (TPSA) is 26.3 Å². The molecule has 2 heteroatoms. The van der Waals surface area contributed by atoms with E-state index in [0.717, 1.165) is 0 Å². The van der Waals surface area contributed by atoms with Crippen molar-refractivity contribution in [3.05, 3.63) is 0 Å². The third-order valence-corrected chi connectivity index (χ3v) is 4.11. The number of hydrogen-bond donors (Lipinski definition) is 0. The van der Waals surface area contributed by atoms with Crippen molar-refractivity contribution in [1.29, 1.82) is 0 Å². The van der Waals surface area contributed by atoms with E-state index in [1.807, 2.05) is 0 Å². The van der Waals surface area contributed by atoms with E-state index >= 15 is 0 Å². The molecule has 0 aliphatic heterocycles.